The summed E-state index contributed by atoms with van der Waals surface area (Å²) in [6.45, 7) is 7.52. The normalized spacial score (nSPS) is 9.50. The van der Waals surface area contributed by atoms with Gasteiger partial charge in [0.2, 0.25) is 0 Å². The van der Waals surface area contributed by atoms with Crippen LogP contribution in [-0.4, -0.2) is 10.2 Å². The number of phenolic OH excluding ortho intramolecular Hbond substituents is 2. The lowest BCUT2D eigenvalue weighted by molar-refractivity contribution is 0.473. The molecule has 0 saturated carbocycles. The highest BCUT2D eigenvalue weighted by molar-refractivity contribution is 5.74. The largest absolute Gasteiger partial charge is 0.507 e. The molecule has 2 N–H and O–H groups in total. The van der Waals surface area contributed by atoms with Gasteiger partial charge in [-0.3, -0.25) is 0 Å². The standard InChI is InChI=1S/C22H20O2/c1-3-9-17(19-11-5-7-13-21(19)23)15-16-18(10-4-2)20-12-6-8-14-22(20)24/h3-8,11-14,23-24H,1-2,9-10H2. The van der Waals surface area contributed by atoms with Crippen LogP contribution in [0.3, 0.4) is 0 Å². The van der Waals surface area contributed by atoms with Gasteiger partial charge >= 0.3 is 0 Å². The zero-order valence-electron chi connectivity index (χ0n) is 13.5. The smallest absolute Gasteiger partial charge is 0.123 e. The second-order valence-electron chi connectivity index (χ2n) is 5.23. The van der Waals surface area contributed by atoms with Gasteiger partial charge in [-0.2, -0.15) is 0 Å². The third-order valence-electron chi connectivity index (χ3n) is 3.52. The van der Waals surface area contributed by atoms with Gasteiger partial charge in [-0.05, 0) is 25.0 Å². The van der Waals surface area contributed by atoms with Gasteiger partial charge < -0.3 is 10.2 Å². The van der Waals surface area contributed by atoms with Crippen LogP contribution in [-0.2, 0) is 0 Å². The zero-order chi connectivity index (χ0) is 17.4. The Balaban J connectivity index is 2.68. The van der Waals surface area contributed by atoms with E-state index in [1.807, 2.05) is 24.3 Å². The lowest BCUT2D eigenvalue weighted by atomic mass is 10.0. The number of allylic oxidation sites excluding steroid dienone is 4. The van der Waals surface area contributed by atoms with Crippen molar-refractivity contribution < 1.29 is 10.2 Å². The summed E-state index contributed by atoms with van der Waals surface area (Å²) in [4.78, 5) is 0. The van der Waals surface area contributed by atoms with Gasteiger partial charge in [0.05, 0.1) is 0 Å². The number of para-hydroxylation sites is 2. The van der Waals surface area contributed by atoms with Crippen LogP contribution in [0.15, 0.2) is 85.3 Å². The molecule has 2 nitrogen and oxygen atoms in total. The van der Waals surface area contributed by atoms with Crippen molar-refractivity contribution >= 4 is 11.1 Å². The first kappa shape index (κ1) is 17.2. The van der Waals surface area contributed by atoms with Crippen molar-refractivity contribution in [3.05, 3.63) is 96.4 Å². The van der Waals surface area contributed by atoms with Crippen molar-refractivity contribution in [1.29, 1.82) is 0 Å². The van der Waals surface area contributed by atoms with Gasteiger partial charge in [-0.25, -0.2) is 0 Å². The molecule has 0 heterocycles. The number of rotatable bonds is 6. The maximum Gasteiger partial charge on any atom is 0.123 e. The second-order valence-corrected chi connectivity index (χ2v) is 5.23. The lowest BCUT2D eigenvalue weighted by Crippen LogP contribution is -1.84. The van der Waals surface area contributed by atoms with Crippen LogP contribution in [0.2, 0.25) is 0 Å². The van der Waals surface area contributed by atoms with E-state index < -0.39 is 0 Å². The van der Waals surface area contributed by atoms with E-state index >= 15 is 0 Å². The molecule has 0 radical (unpaired) electrons. The van der Waals surface area contributed by atoms with Crippen LogP contribution < -0.4 is 0 Å². The predicted octanol–water partition coefficient (Wildman–Crippen LogP) is 5.47. The van der Waals surface area contributed by atoms with E-state index in [1.165, 1.54) is 0 Å². The highest BCUT2D eigenvalue weighted by atomic mass is 16.3. The summed E-state index contributed by atoms with van der Waals surface area (Å²) in [7, 11) is 0. The van der Waals surface area contributed by atoms with Gasteiger partial charge in [0.15, 0.2) is 0 Å². The fraction of sp³-hybridized carbons (Fsp3) is 0.0909. The summed E-state index contributed by atoms with van der Waals surface area (Å²) in [6.07, 6.45) is 4.60. The quantitative estimate of drug-likeness (QED) is 0.548. The fourth-order valence-corrected chi connectivity index (χ4v) is 2.35. The Morgan fingerprint density at radius 1 is 0.750 bits per heavy atom. The fourth-order valence-electron chi connectivity index (χ4n) is 2.35. The van der Waals surface area contributed by atoms with Crippen molar-refractivity contribution in [2.24, 2.45) is 0 Å². The lowest BCUT2D eigenvalue weighted by Gasteiger charge is -2.05. The number of aromatic hydroxyl groups is 2. The molecule has 120 valence electrons. The molecule has 0 fully saturated rings. The molecule has 2 aromatic carbocycles. The maximum atomic E-state index is 10.1. The predicted molar refractivity (Wildman–Crippen MR) is 99.7 cm³/mol. The van der Waals surface area contributed by atoms with Crippen LogP contribution in [0.25, 0.3) is 11.1 Å². The number of hydrogen-bond acceptors (Lipinski definition) is 2. The number of hydrogen-bond donors (Lipinski definition) is 2. The second kappa shape index (κ2) is 8.45. The first-order chi connectivity index (χ1) is 11.7. The molecule has 0 unspecified atom stereocenters. The first-order valence-corrected chi connectivity index (χ1v) is 7.69. The molecular weight excluding hydrogens is 296 g/mol. The van der Waals surface area contributed by atoms with Gasteiger partial charge in [0.1, 0.15) is 11.5 Å². The topological polar surface area (TPSA) is 40.5 Å². The summed E-state index contributed by atoms with van der Waals surface area (Å²) in [5.41, 5.74) is 9.20. The average Bonchev–Trinajstić information content (AvgIpc) is 2.59. The minimum absolute atomic E-state index is 0.191. The number of phenols is 2. The molecule has 0 atom stereocenters. The molecule has 0 aromatic heterocycles. The molecule has 0 aliphatic heterocycles. The molecule has 0 aliphatic rings. The van der Waals surface area contributed by atoms with Crippen LogP contribution in [0, 0.1) is 0 Å². The third kappa shape index (κ3) is 4.18. The minimum Gasteiger partial charge on any atom is -0.507 e. The molecule has 2 aromatic rings. The van der Waals surface area contributed by atoms with Crippen LogP contribution in [0.4, 0.5) is 0 Å². The molecule has 0 aliphatic carbocycles. The van der Waals surface area contributed by atoms with Gasteiger partial charge in [0, 0.05) is 22.3 Å². The highest BCUT2D eigenvalue weighted by Gasteiger charge is 2.06. The van der Waals surface area contributed by atoms with Crippen LogP contribution in [0.1, 0.15) is 24.0 Å². The molecule has 0 amide bonds. The van der Waals surface area contributed by atoms with E-state index in [9.17, 15) is 10.2 Å². The molecule has 2 rings (SSSR count). The van der Waals surface area contributed by atoms with Gasteiger partial charge in [-0.15, -0.1) is 13.2 Å². The Hall–Kier alpha value is -3.18. The van der Waals surface area contributed by atoms with E-state index in [0.29, 0.717) is 24.0 Å². The van der Waals surface area contributed by atoms with E-state index in [2.05, 4.69) is 24.6 Å². The minimum atomic E-state index is 0.191. The van der Waals surface area contributed by atoms with Crippen molar-refractivity contribution in [3.63, 3.8) is 0 Å². The molecular formula is C22H20O2. The van der Waals surface area contributed by atoms with Crippen LogP contribution >= 0.6 is 0 Å². The molecule has 0 spiro atoms. The molecule has 0 bridgehead atoms. The zero-order valence-corrected chi connectivity index (χ0v) is 13.5. The number of benzene rings is 2. The van der Waals surface area contributed by atoms with Gasteiger partial charge in [-0.1, -0.05) is 60.0 Å². The maximum absolute atomic E-state index is 10.1. The van der Waals surface area contributed by atoms with E-state index in [-0.39, 0.29) is 11.5 Å². The summed E-state index contributed by atoms with van der Waals surface area (Å²) in [5.74, 6) is 0.382. The Morgan fingerprint density at radius 3 is 1.46 bits per heavy atom. The van der Waals surface area contributed by atoms with Crippen molar-refractivity contribution in [2.75, 3.05) is 0 Å². The highest BCUT2D eigenvalue weighted by Crippen LogP contribution is 2.28. The third-order valence-corrected chi connectivity index (χ3v) is 3.52. The van der Waals surface area contributed by atoms with Crippen molar-refractivity contribution in [2.45, 2.75) is 12.8 Å². The van der Waals surface area contributed by atoms with E-state index in [0.717, 1.165) is 11.1 Å². The SMILES string of the molecule is C=CCC(=C=C=C(CC=C)c1ccccc1O)c1ccccc1O. The van der Waals surface area contributed by atoms with Crippen molar-refractivity contribution in [1.82, 2.24) is 0 Å². The van der Waals surface area contributed by atoms with E-state index in [1.54, 1.807) is 36.4 Å². The summed E-state index contributed by atoms with van der Waals surface area (Å²) in [5, 5.41) is 20.1. The first-order valence-electron chi connectivity index (χ1n) is 7.69. The molecule has 0 saturated heterocycles. The Bertz CT molecular complexity index is 774. The monoisotopic (exact) mass is 316 g/mol. The Kier molecular flexibility index (Phi) is 6.05. The van der Waals surface area contributed by atoms with Crippen molar-refractivity contribution in [3.8, 4) is 11.5 Å². The van der Waals surface area contributed by atoms with Gasteiger partial charge in [0.25, 0.3) is 0 Å². The summed E-state index contributed by atoms with van der Waals surface area (Å²) >= 11 is 0. The molecule has 2 heteroatoms. The Labute approximate surface area is 142 Å². The Morgan fingerprint density at radius 2 is 1.12 bits per heavy atom. The molecule has 24 heavy (non-hydrogen) atoms. The average molecular weight is 316 g/mol. The summed E-state index contributed by atoms with van der Waals surface area (Å²) in [6, 6.07) is 14.2. The van der Waals surface area contributed by atoms with E-state index in [4.69, 9.17) is 0 Å². The van der Waals surface area contributed by atoms with Crippen LogP contribution in [0.5, 0.6) is 11.5 Å². The summed E-state index contributed by atoms with van der Waals surface area (Å²) < 4.78 is 0.